The van der Waals surface area contributed by atoms with Gasteiger partial charge in [-0.05, 0) is 72.7 Å². The Morgan fingerprint density at radius 3 is 2.84 bits per heavy atom. The highest BCUT2D eigenvalue weighted by Gasteiger charge is 2.17. The van der Waals surface area contributed by atoms with Crippen LogP contribution in [0.3, 0.4) is 0 Å². The summed E-state index contributed by atoms with van der Waals surface area (Å²) in [5, 5.41) is 14.7. The fraction of sp³-hybridized carbons (Fsp3) is 0.378. The van der Waals surface area contributed by atoms with Crippen LogP contribution in [0.5, 0.6) is 0 Å². The van der Waals surface area contributed by atoms with Gasteiger partial charge in [0.2, 0.25) is 0 Å². The number of allylic oxidation sites excluding steroid dienone is 6. The van der Waals surface area contributed by atoms with Crippen molar-refractivity contribution in [3.8, 4) is 0 Å². The predicted molar refractivity (Wildman–Crippen MR) is 178 cm³/mol. The molecule has 0 fully saturated rings. The molecule has 2 aromatic carbocycles. The van der Waals surface area contributed by atoms with Gasteiger partial charge in [0, 0.05) is 37.7 Å². The second kappa shape index (κ2) is 15.3. The lowest BCUT2D eigenvalue weighted by Gasteiger charge is -2.26. The smallest absolute Gasteiger partial charge is 0.180 e. The molecule has 3 unspecified atom stereocenters. The van der Waals surface area contributed by atoms with Gasteiger partial charge in [-0.15, -0.1) is 0 Å². The van der Waals surface area contributed by atoms with E-state index in [0.717, 1.165) is 59.5 Å². The van der Waals surface area contributed by atoms with Crippen molar-refractivity contribution >= 4 is 22.4 Å². The first-order valence-corrected chi connectivity index (χ1v) is 15.6. The molecule has 0 amide bonds. The monoisotopic (exact) mass is 595 g/mol. The number of aliphatic imine (C=N–C) groups is 1. The van der Waals surface area contributed by atoms with E-state index in [1.54, 1.807) is 0 Å². The van der Waals surface area contributed by atoms with Gasteiger partial charge in [-0.25, -0.2) is 0 Å². The van der Waals surface area contributed by atoms with E-state index in [1.165, 1.54) is 23.8 Å². The minimum atomic E-state index is -0.919. The van der Waals surface area contributed by atoms with Gasteiger partial charge in [0.1, 0.15) is 17.2 Å². The minimum Gasteiger partial charge on any atom is -0.459 e. The molecule has 2 aliphatic rings. The Bertz CT molecular complexity index is 1560. The molecule has 3 atom stereocenters. The first-order valence-electron chi connectivity index (χ1n) is 15.6. The van der Waals surface area contributed by atoms with Crippen molar-refractivity contribution in [2.24, 2.45) is 4.99 Å². The van der Waals surface area contributed by atoms with Crippen molar-refractivity contribution in [1.29, 1.82) is 0 Å². The molecule has 2 heterocycles. The maximum atomic E-state index is 9.94. The fourth-order valence-corrected chi connectivity index (χ4v) is 5.55. The van der Waals surface area contributed by atoms with E-state index in [9.17, 15) is 5.11 Å². The Morgan fingerprint density at radius 2 is 2.05 bits per heavy atom. The van der Waals surface area contributed by atoms with Crippen molar-refractivity contribution in [1.82, 2.24) is 10.2 Å². The minimum absolute atomic E-state index is 0.136. The van der Waals surface area contributed by atoms with Crippen LogP contribution in [-0.4, -0.2) is 55.2 Å². The molecule has 0 spiro atoms. The molecule has 2 N–H and O–H groups in total. The third kappa shape index (κ3) is 8.04. The third-order valence-corrected chi connectivity index (χ3v) is 8.38. The van der Waals surface area contributed by atoms with Gasteiger partial charge in [0.15, 0.2) is 6.29 Å². The zero-order valence-corrected chi connectivity index (χ0v) is 26.3. The first kappa shape index (κ1) is 31.7. The zero-order valence-electron chi connectivity index (χ0n) is 26.3. The summed E-state index contributed by atoms with van der Waals surface area (Å²) >= 11 is 0. The highest BCUT2D eigenvalue weighted by molar-refractivity contribution is 5.93. The van der Waals surface area contributed by atoms with Crippen LogP contribution in [0.15, 0.2) is 94.4 Å². The van der Waals surface area contributed by atoms with E-state index >= 15 is 0 Å². The largest absolute Gasteiger partial charge is 0.459 e. The number of methoxy groups -OCH3 is 1. The van der Waals surface area contributed by atoms with E-state index in [1.807, 2.05) is 24.3 Å². The lowest BCUT2D eigenvalue weighted by Crippen LogP contribution is -2.36. The Kier molecular flexibility index (Phi) is 11.0. The zero-order chi connectivity index (χ0) is 30.9. The van der Waals surface area contributed by atoms with Gasteiger partial charge < -0.3 is 29.2 Å². The van der Waals surface area contributed by atoms with Crippen molar-refractivity contribution in [3.05, 3.63) is 113 Å². The molecule has 0 saturated carbocycles. The Morgan fingerprint density at radius 1 is 1.16 bits per heavy atom. The van der Waals surface area contributed by atoms with Gasteiger partial charge in [-0.3, -0.25) is 4.99 Å². The van der Waals surface area contributed by atoms with Crippen molar-refractivity contribution in [2.45, 2.75) is 64.7 Å². The average molecular weight is 596 g/mol. The lowest BCUT2D eigenvalue weighted by molar-refractivity contribution is -0.0770. The summed E-state index contributed by atoms with van der Waals surface area (Å²) in [4.78, 5) is 7.06. The topological polar surface area (TPSA) is 79.5 Å². The van der Waals surface area contributed by atoms with E-state index in [-0.39, 0.29) is 12.1 Å². The van der Waals surface area contributed by atoms with Crippen LogP contribution in [-0.2, 0) is 22.6 Å². The Hall–Kier alpha value is -3.75. The molecule has 7 nitrogen and oxygen atoms in total. The van der Waals surface area contributed by atoms with Crippen LogP contribution in [0, 0.1) is 6.92 Å². The number of amidine groups is 1. The number of aliphatic hydroxyl groups excluding tert-OH is 1. The lowest BCUT2D eigenvalue weighted by atomic mass is 10.0. The van der Waals surface area contributed by atoms with Crippen LogP contribution in [0.1, 0.15) is 60.5 Å². The van der Waals surface area contributed by atoms with Crippen molar-refractivity contribution < 1.29 is 19.0 Å². The molecule has 0 bridgehead atoms. The maximum absolute atomic E-state index is 9.94. The van der Waals surface area contributed by atoms with Gasteiger partial charge in [0.25, 0.3) is 0 Å². The molecule has 1 aromatic heterocycles. The molecular formula is C37H45N3O4. The van der Waals surface area contributed by atoms with Crippen LogP contribution in [0.25, 0.3) is 16.5 Å². The maximum Gasteiger partial charge on any atom is 0.180 e. The number of likely N-dealkylation sites (N-methyl/N-ethyl adjacent to an activating group) is 1. The summed E-state index contributed by atoms with van der Waals surface area (Å²) in [5.41, 5.74) is 6.28. The summed E-state index contributed by atoms with van der Waals surface area (Å²) in [6, 6.07) is 14.3. The standard InChI is InChI=1S/C37H45N3O4/c1-5-32(43-25-27-11-10-14-30(21-27)37(41)42-4)19-20-40(3)36-18-16-31(23-39-36)38-24-35-26(2)33-22-29(15-17-34(33)44-35)28-12-8-6-7-9-13-28/h6,8-18,21-22,31-32,37-38,41H,5,7,19-20,23-25H2,1-4H3. The number of hydrogen-bond acceptors (Lipinski definition) is 7. The molecule has 44 heavy (non-hydrogen) atoms. The Balaban J connectivity index is 1.09. The average Bonchev–Trinajstić information content (AvgIpc) is 3.20. The van der Waals surface area contributed by atoms with Gasteiger partial charge in [-0.1, -0.05) is 67.6 Å². The molecule has 1 aliphatic carbocycles. The molecule has 0 saturated heterocycles. The summed E-state index contributed by atoms with van der Waals surface area (Å²) in [7, 11) is 3.58. The molecule has 0 radical (unpaired) electrons. The number of hydrogen-bond donors (Lipinski definition) is 2. The van der Waals surface area contributed by atoms with Crippen LogP contribution in [0.4, 0.5) is 0 Å². The number of ether oxygens (including phenoxy) is 2. The van der Waals surface area contributed by atoms with E-state index in [4.69, 9.17) is 18.9 Å². The Labute approximate surface area is 261 Å². The summed E-state index contributed by atoms with van der Waals surface area (Å²) in [6.07, 6.45) is 17.1. The quantitative estimate of drug-likeness (QED) is 0.207. The highest BCUT2D eigenvalue weighted by Crippen LogP contribution is 2.29. The normalized spacial score (nSPS) is 17.8. The molecule has 232 valence electrons. The van der Waals surface area contributed by atoms with Gasteiger partial charge in [-0.2, -0.15) is 0 Å². The third-order valence-electron chi connectivity index (χ3n) is 8.38. The second-order valence-corrected chi connectivity index (χ2v) is 11.5. The van der Waals surface area contributed by atoms with Crippen LogP contribution in [0.2, 0.25) is 0 Å². The molecule has 7 heteroatoms. The van der Waals surface area contributed by atoms with Gasteiger partial charge >= 0.3 is 0 Å². The second-order valence-electron chi connectivity index (χ2n) is 11.5. The number of aliphatic hydroxyl groups is 1. The number of aryl methyl sites for hydroxylation is 1. The van der Waals surface area contributed by atoms with E-state index < -0.39 is 6.29 Å². The number of dihydropyridines is 1. The number of rotatable bonds is 13. The van der Waals surface area contributed by atoms with E-state index in [0.29, 0.717) is 19.7 Å². The summed E-state index contributed by atoms with van der Waals surface area (Å²) in [5.74, 6) is 1.96. The fourth-order valence-electron chi connectivity index (χ4n) is 5.55. The van der Waals surface area contributed by atoms with Gasteiger partial charge in [0.05, 0.1) is 25.8 Å². The SMILES string of the molecule is CCC(CCN(C)C1=NCC(NCc2oc3ccc(C4=CC=CCC=C4)cc3c2C)C=C1)OCc1cccc(C(O)OC)c1. The molecule has 1 aliphatic heterocycles. The van der Waals surface area contributed by atoms with Crippen molar-refractivity contribution in [2.75, 3.05) is 27.2 Å². The van der Waals surface area contributed by atoms with Crippen molar-refractivity contribution in [3.63, 3.8) is 0 Å². The summed E-state index contributed by atoms with van der Waals surface area (Å²) in [6.45, 7) is 6.98. The number of nitrogens with one attached hydrogen (secondary N) is 1. The van der Waals surface area contributed by atoms with Crippen LogP contribution >= 0.6 is 0 Å². The molecular weight excluding hydrogens is 550 g/mol. The first-order chi connectivity index (χ1) is 21.4. The predicted octanol–water partition coefficient (Wildman–Crippen LogP) is 7.02. The number of furan rings is 1. The molecule has 3 aromatic rings. The number of fused-ring (bicyclic) bond motifs is 1. The highest BCUT2D eigenvalue weighted by atomic mass is 16.6. The van der Waals surface area contributed by atoms with Crippen LogP contribution < -0.4 is 5.32 Å². The number of benzene rings is 2. The molecule has 5 rings (SSSR count). The van der Waals surface area contributed by atoms with E-state index in [2.05, 4.69) is 91.8 Å². The summed E-state index contributed by atoms with van der Waals surface area (Å²) < 4.78 is 17.5. The number of nitrogens with zero attached hydrogens (tertiary/aromatic N) is 2.